The van der Waals surface area contributed by atoms with Crippen molar-refractivity contribution in [1.29, 1.82) is 0 Å². The van der Waals surface area contributed by atoms with Crippen LogP contribution in [0.15, 0.2) is 6.07 Å². The lowest BCUT2D eigenvalue weighted by Gasteiger charge is -2.42. The fraction of sp³-hybridized carbons (Fsp3) is 0.750. The number of aryl methyl sites for hydroxylation is 2. The normalized spacial score (nSPS) is 31.4. The Hall–Kier alpha value is -1.40. The Labute approximate surface area is 131 Å². The molecule has 0 bridgehead atoms. The van der Waals surface area contributed by atoms with E-state index in [9.17, 15) is 9.90 Å². The second-order valence-electron chi connectivity index (χ2n) is 6.46. The molecule has 0 spiro atoms. The fourth-order valence-corrected chi connectivity index (χ4v) is 3.97. The van der Waals surface area contributed by atoms with Gasteiger partial charge in [-0.1, -0.05) is 6.92 Å². The van der Waals surface area contributed by atoms with E-state index < -0.39 is 0 Å². The first kappa shape index (κ1) is 15.5. The largest absolute Gasteiger partial charge is 0.393 e. The Morgan fingerprint density at radius 2 is 2.32 bits per heavy atom. The van der Waals surface area contributed by atoms with Crippen molar-refractivity contribution in [2.45, 2.75) is 56.8 Å². The fourth-order valence-electron chi connectivity index (χ4n) is 3.97. The standard InChI is InChI=1S/C16H25N3O3/c1-4-11-9-13(18(2)17-11)15(21)19-8-7-16(22-3)6-5-12(20)10-14(16)19/h9,12,14,20H,4-8,10H2,1-3H3/t12-,14-,16+/m0/s1. The molecule has 2 aliphatic rings. The number of methoxy groups -OCH3 is 1. The number of aliphatic hydroxyl groups is 1. The molecule has 1 aromatic heterocycles. The molecule has 22 heavy (non-hydrogen) atoms. The van der Waals surface area contributed by atoms with Crippen LogP contribution in [0.5, 0.6) is 0 Å². The van der Waals surface area contributed by atoms with Crippen molar-refractivity contribution in [2.24, 2.45) is 7.05 Å². The monoisotopic (exact) mass is 307 g/mol. The zero-order chi connectivity index (χ0) is 15.9. The molecule has 3 atom stereocenters. The van der Waals surface area contributed by atoms with Crippen molar-refractivity contribution < 1.29 is 14.6 Å². The van der Waals surface area contributed by atoms with Crippen LogP contribution >= 0.6 is 0 Å². The summed E-state index contributed by atoms with van der Waals surface area (Å²) in [7, 11) is 3.53. The highest BCUT2D eigenvalue weighted by Gasteiger charge is 2.52. The number of hydrogen-bond donors (Lipinski definition) is 1. The molecule has 0 unspecified atom stereocenters. The van der Waals surface area contributed by atoms with Crippen molar-refractivity contribution in [3.8, 4) is 0 Å². The minimum Gasteiger partial charge on any atom is -0.393 e. The summed E-state index contributed by atoms with van der Waals surface area (Å²) in [6.07, 6.45) is 3.46. The number of likely N-dealkylation sites (tertiary alicyclic amines) is 1. The van der Waals surface area contributed by atoms with Crippen molar-refractivity contribution >= 4 is 5.91 Å². The predicted molar refractivity (Wildman–Crippen MR) is 81.6 cm³/mol. The second-order valence-corrected chi connectivity index (χ2v) is 6.46. The number of hydrogen-bond acceptors (Lipinski definition) is 4. The number of rotatable bonds is 3. The third-order valence-corrected chi connectivity index (χ3v) is 5.33. The predicted octanol–water partition coefficient (Wildman–Crippen LogP) is 1.13. The van der Waals surface area contributed by atoms with Gasteiger partial charge in [0.2, 0.25) is 0 Å². The Morgan fingerprint density at radius 1 is 1.55 bits per heavy atom. The molecule has 1 aromatic rings. The number of ether oxygens (including phenoxy) is 1. The first-order chi connectivity index (χ1) is 10.5. The second kappa shape index (κ2) is 5.66. The van der Waals surface area contributed by atoms with Crippen molar-refractivity contribution in [3.05, 3.63) is 17.5 Å². The van der Waals surface area contributed by atoms with Crippen molar-refractivity contribution in [2.75, 3.05) is 13.7 Å². The lowest BCUT2D eigenvalue weighted by Crippen LogP contribution is -2.53. The van der Waals surface area contributed by atoms with Crippen LogP contribution in [0, 0.1) is 0 Å². The number of carbonyl (C=O) groups is 1. The van der Waals surface area contributed by atoms with E-state index in [1.54, 1.807) is 11.8 Å². The SMILES string of the molecule is CCc1cc(C(=O)N2CC[C@]3(OC)CC[C@H](O)C[C@H]23)n(C)n1. The number of fused-ring (bicyclic) bond motifs is 1. The quantitative estimate of drug-likeness (QED) is 0.909. The first-order valence-electron chi connectivity index (χ1n) is 8.08. The maximum atomic E-state index is 12.9. The van der Waals surface area contributed by atoms with Crippen molar-refractivity contribution in [3.63, 3.8) is 0 Å². The minimum atomic E-state index is -0.348. The molecule has 1 amide bonds. The van der Waals surface area contributed by atoms with Crippen LogP contribution in [-0.4, -0.2) is 57.1 Å². The maximum absolute atomic E-state index is 12.9. The zero-order valence-corrected chi connectivity index (χ0v) is 13.6. The van der Waals surface area contributed by atoms with Crippen LogP contribution in [0.1, 0.15) is 48.8 Å². The van der Waals surface area contributed by atoms with Crippen LogP contribution in [0.4, 0.5) is 0 Å². The van der Waals surface area contributed by atoms with E-state index in [4.69, 9.17) is 4.74 Å². The van der Waals surface area contributed by atoms with Crippen LogP contribution in [0.3, 0.4) is 0 Å². The molecular weight excluding hydrogens is 282 g/mol. The molecule has 1 saturated heterocycles. The third kappa shape index (κ3) is 2.34. The molecular formula is C16H25N3O3. The molecule has 0 radical (unpaired) electrons. The Balaban J connectivity index is 1.87. The minimum absolute atomic E-state index is 0.00674. The molecule has 1 aliphatic heterocycles. The summed E-state index contributed by atoms with van der Waals surface area (Å²) >= 11 is 0. The van der Waals surface area contributed by atoms with E-state index >= 15 is 0 Å². The molecule has 2 fully saturated rings. The third-order valence-electron chi connectivity index (χ3n) is 5.33. The van der Waals surface area contributed by atoms with Gasteiger partial charge in [0.05, 0.1) is 23.4 Å². The van der Waals surface area contributed by atoms with Gasteiger partial charge in [-0.2, -0.15) is 5.10 Å². The van der Waals surface area contributed by atoms with Gasteiger partial charge < -0.3 is 14.7 Å². The summed E-state index contributed by atoms with van der Waals surface area (Å²) in [5, 5.41) is 14.4. The number of nitrogens with zero attached hydrogens (tertiary/aromatic N) is 3. The van der Waals surface area contributed by atoms with E-state index in [0.717, 1.165) is 31.4 Å². The highest BCUT2D eigenvalue weighted by atomic mass is 16.5. The van der Waals surface area contributed by atoms with E-state index in [0.29, 0.717) is 18.7 Å². The van der Waals surface area contributed by atoms with Crippen molar-refractivity contribution in [1.82, 2.24) is 14.7 Å². The topological polar surface area (TPSA) is 67.6 Å². The average molecular weight is 307 g/mol. The van der Waals surface area contributed by atoms with Gasteiger partial charge in [-0.3, -0.25) is 9.48 Å². The van der Waals surface area contributed by atoms with Crippen LogP contribution in [0.2, 0.25) is 0 Å². The number of carbonyl (C=O) groups excluding carboxylic acids is 1. The van der Waals surface area contributed by atoms with Crippen LogP contribution in [-0.2, 0) is 18.2 Å². The van der Waals surface area contributed by atoms with E-state index in [-0.39, 0.29) is 23.7 Å². The summed E-state index contributed by atoms with van der Waals surface area (Å²) in [6.45, 7) is 2.70. The Bertz CT molecular complexity index is 571. The van der Waals surface area contributed by atoms with E-state index in [1.807, 2.05) is 24.9 Å². The molecule has 1 N–H and O–H groups in total. The smallest absolute Gasteiger partial charge is 0.272 e. The molecule has 1 aliphatic carbocycles. The summed E-state index contributed by atoms with van der Waals surface area (Å²) < 4.78 is 7.46. The lowest BCUT2D eigenvalue weighted by molar-refractivity contribution is -0.0825. The summed E-state index contributed by atoms with van der Waals surface area (Å²) in [5.74, 6) is -0.00674. The average Bonchev–Trinajstić information content (AvgIpc) is 3.07. The van der Waals surface area contributed by atoms with Gasteiger partial charge in [0.15, 0.2) is 0 Å². The highest BCUT2D eigenvalue weighted by Crippen LogP contribution is 2.42. The van der Waals surface area contributed by atoms with Gasteiger partial charge in [0.25, 0.3) is 5.91 Å². The molecule has 6 heteroatoms. The number of aliphatic hydroxyl groups excluding tert-OH is 1. The molecule has 6 nitrogen and oxygen atoms in total. The van der Waals surface area contributed by atoms with Gasteiger partial charge >= 0.3 is 0 Å². The molecule has 0 aromatic carbocycles. The molecule has 122 valence electrons. The van der Waals surface area contributed by atoms with Gasteiger partial charge in [0, 0.05) is 20.7 Å². The van der Waals surface area contributed by atoms with Gasteiger partial charge in [-0.15, -0.1) is 0 Å². The summed E-state index contributed by atoms with van der Waals surface area (Å²) in [5.41, 5.74) is 1.25. The van der Waals surface area contributed by atoms with Crippen LogP contribution < -0.4 is 0 Å². The van der Waals surface area contributed by atoms with E-state index in [1.165, 1.54) is 0 Å². The Kier molecular flexibility index (Phi) is 3.99. The highest BCUT2D eigenvalue weighted by molar-refractivity contribution is 5.93. The van der Waals surface area contributed by atoms with Crippen LogP contribution in [0.25, 0.3) is 0 Å². The lowest BCUT2D eigenvalue weighted by atomic mass is 9.79. The van der Waals surface area contributed by atoms with Gasteiger partial charge in [0.1, 0.15) is 5.69 Å². The zero-order valence-electron chi connectivity index (χ0n) is 13.6. The number of amides is 1. The summed E-state index contributed by atoms with van der Waals surface area (Å²) in [6, 6.07) is 1.82. The van der Waals surface area contributed by atoms with Gasteiger partial charge in [-0.05, 0) is 38.2 Å². The molecule has 2 heterocycles. The Morgan fingerprint density at radius 3 is 2.95 bits per heavy atom. The first-order valence-corrected chi connectivity index (χ1v) is 8.08. The maximum Gasteiger partial charge on any atom is 0.272 e. The molecule has 3 rings (SSSR count). The van der Waals surface area contributed by atoms with E-state index in [2.05, 4.69) is 5.10 Å². The summed E-state index contributed by atoms with van der Waals surface area (Å²) in [4.78, 5) is 14.8. The number of aromatic nitrogens is 2. The van der Waals surface area contributed by atoms with Gasteiger partial charge in [-0.25, -0.2) is 0 Å². The molecule has 1 saturated carbocycles.